The molecule has 0 fully saturated rings. The molecule has 0 aliphatic heterocycles. The fraction of sp³-hybridized carbons (Fsp3) is 0.800. The summed E-state index contributed by atoms with van der Waals surface area (Å²) in [7, 11) is 0. The Kier molecular flexibility index (Phi) is 2.68. The second-order valence-electron chi connectivity index (χ2n) is 2.21. The summed E-state index contributed by atoms with van der Waals surface area (Å²) in [5.74, 6) is 1.71. The lowest BCUT2D eigenvalue weighted by atomic mass is 10.6. The van der Waals surface area contributed by atoms with Crippen LogP contribution in [-0.4, -0.2) is 25.9 Å². The molecule has 1 rings (SSSR count). The van der Waals surface area contributed by atoms with Crippen LogP contribution in [0, 0.1) is 0 Å². The average molecular weight is 158 g/mol. The van der Waals surface area contributed by atoms with Gasteiger partial charge in [-0.15, -0.1) is 5.10 Å². The van der Waals surface area contributed by atoms with E-state index in [0.29, 0.717) is 5.25 Å². The molecular weight excluding hydrogens is 148 g/mol. The van der Waals surface area contributed by atoms with Crippen LogP contribution in [0.15, 0.2) is 0 Å². The molecule has 0 amide bonds. The second-order valence-corrected chi connectivity index (χ2v) is 3.77. The Labute approximate surface area is 63.8 Å². The van der Waals surface area contributed by atoms with Crippen LogP contribution in [-0.2, 0) is 5.75 Å². The van der Waals surface area contributed by atoms with Crippen molar-refractivity contribution in [1.82, 2.24) is 20.6 Å². The molecule has 0 unspecified atom stereocenters. The Balaban J connectivity index is 2.28. The number of tetrazole rings is 1. The predicted molar refractivity (Wildman–Crippen MR) is 40.6 cm³/mol. The molecule has 0 aliphatic carbocycles. The lowest BCUT2D eigenvalue weighted by molar-refractivity contribution is 0.881. The van der Waals surface area contributed by atoms with Crippen molar-refractivity contribution in [2.24, 2.45) is 0 Å². The van der Waals surface area contributed by atoms with Crippen LogP contribution >= 0.6 is 11.8 Å². The number of nitrogens with zero attached hydrogens (tertiary/aromatic N) is 3. The normalized spacial score (nSPS) is 10.7. The minimum Gasteiger partial charge on any atom is -0.242 e. The number of H-pyrrole nitrogens is 1. The Morgan fingerprint density at radius 2 is 2.40 bits per heavy atom. The number of hydrogen-bond donors (Lipinski definition) is 1. The van der Waals surface area contributed by atoms with Gasteiger partial charge >= 0.3 is 0 Å². The number of hydrogen-bond acceptors (Lipinski definition) is 4. The summed E-state index contributed by atoms with van der Waals surface area (Å²) < 4.78 is 0. The lowest BCUT2D eigenvalue weighted by Crippen LogP contribution is -1.90. The zero-order chi connectivity index (χ0) is 7.40. The van der Waals surface area contributed by atoms with Gasteiger partial charge in [0.1, 0.15) is 0 Å². The van der Waals surface area contributed by atoms with Gasteiger partial charge in [-0.3, -0.25) is 0 Å². The fourth-order valence-electron chi connectivity index (χ4n) is 0.486. The van der Waals surface area contributed by atoms with Gasteiger partial charge in [-0.1, -0.05) is 13.8 Å². The molecule has 0 saturated carbocycles. The van der Waals surface area contributed by atoms with E-state index in [-0.39, 0.29) is 0 Å². The highest BCUT2D eigenvalue weighted by molar-refractivity contribution is 7.99. The maximum Gasteiger partial charge on any atom is 0.158 e. The fourth-order valence-corrected chi connectivity index (χ4v) is 1.10. The van der Waals surface area contributed by atoms with Crippen molar-refractivity contribution in [1.29, 1.82) is 0 Å². The summed E-state index contributed by atoms with van der Waals surface area (Å²) in [6, 6.07) is 0. The van der Waals surface area contributed by atoms with Gasteiger partial charge in [-0.25, -0.2) is 5.10 Å². The first-order valence-corrected chi connectivity index (χ1v) is 4.18. The molecule has 1 aromatic rings. The molecule has 0 saturated heterocycles. The Morgan fingerprint density at radius 3 is 2.90 bits per heavy atom. The minimum atomic E-state index is 0.630. The van der Waals surface area contributed by atoms with Crippen LogP contribution < -0.4 is 0 Å². The zero-order valence-corrected chi connectivity index (χ0v) is 6.85. The smallest absolute Gasteiger partial charge is 0.158 e. The van der Waals surface area contributed by atoms with Crippen molar-refractivity contribution in [3.63, 3.8) is 0 Å². The van der Waals surface area contributed by atoms with Gasteiger partial charge in [-0.2, -0.15) is 11.8 Å². The largest absolute Gasteiger partial charge is 0.242 e. The molecule has 4 nitrogen and oxygen atoms in total. The summed E-state index contributed by atoms with van der Waals surface area (Å²) in [5.41, 5.74) is 0. The summed E-state index contributed by atoms with van der Waals surface area (Å²) in [6.07, 6.45) is 0. The average Bonchev–Trinajstić information content (AvgIpc) is 2.34. The van der Waals surface area contributed by atoms with Crippen molar-refractivity contribution >= 4 is 11.8 Å². The molecular formula is C5H10N4S. The Morgan fingerprint density at radius 1 is 1.60 bits per heavy atom. The van der Waals surface area contributed by atoms with E-state index < -0.39 is 0 Å². The third-order valence-corrected chi connectivity index (χ3v) is 2.05. The van der Waals surface area contributed by atoms with Crippen molar-refractivity contribution in [3.8, 4) is 0 Å². The van der Waals surface area contributed by atoms with Crippen LogP contribution in [0.5, 0.6) is 0 Å². The molecule has 0 aliphatic rings. The molecule has 5 heteroatoms. The van der Waals surface area contributed by atoms with Gasteiger partial charge in [0, 0.05) is 0 Å². The second kappa shape index (κ2) is 3.55. The van der Waals surface area contributed by atoms with E-state index >= 15 is 0 Å². The van der Waals surface area contributed by atoms with Crippen molar-refractivity contribution in [2.45, 2.75) is 24.9 Å². The molecule has 1 aromatic heterocycles. The highest BCUT2D eigenvalue weighted by atomic mass is 32.2. The maximum absolute atomic E-state index is 3.75. The number of rotatable bonds is 3. The van der Waals surface area contributed by atoms with Crippen molar-refractivity contribution < 1.29 is 0 Å². The summed E-state index contributed by atoms with van der Waals surface area (Å²) in [4.78, 5) is 0. The van der Waals surface area contributed by atoms with E-state index in [1.165, 1.54) is 0 Å². The van der Waals surface area contributed by atoms with Crippen LogP contribution in [0.25, 0.3) is 0 Å². The van der Waals surface area contributed by atoms with E-state index in [1.54, 1.807) is 0 Å². The molecule has 56 valence electrons. The van der Waals surface area contributed by atoms with E-state index in [4.69, 9.17) is 0 Å². The summed E-state index contributed by atoms with van der Waals surface area (Å²) in [6.45, 7) is 4.29. The van der Waals surface area contributed by atoms with Crippen LogP contribution in [0.1, 0.15) is 19.7 Å². The summed E-state index contributed by atoms with van der Waals surface area (Å²) >= 11 is 1.82. The predicted octanol–water partition coefficient (Wildman–Crippen LogP) is 0.841. The van der Waals surface area contributed by atoms with Gasteiger partial charge in [0.2, 0.25) is 0 Å². The third-order valence-electron chi connectivity index (χ3n) is 0.943. The van der Waals surface area contributed by atoms with Crippen LogP contribution in [0.3, 0.4) is 0 Å². The van der Waals surface area contributed by atoms with Crippen molar-refractivity contribution in [3.05, 3.63) is 5.82 Å². The minimum absolute atomic E-state index is 0.630. The van der Waals surface area contributed by atoms with Gasteiger partial charge in [0.25, 0.3) is 0 Å². The maximum atomic E-state index is 3.75. The first-order chi connectivity index (χ1) is 4.79. The molecule has 1 heterocycles. The van der Waals surface area contributed by atoms with Crippen LogP contribution in [0.2, 0.25) is 0 Å². The quantitative estimate of drug-likeness (QED) is 0.708. The summed E-state index contributed by atoms with van der Waals surface area (Å²) in [5, 5.41) is 14.0. The monoisotopic (exact) mass is 158 g/mol. The molecule has 0 radical (unpaired) electrons. The first-order valence-electron chi connectivity index (χ1n) is 3.13. The lowest BCUT2D eigenvalue weighted by Gasteiger charge is -1.99. The first kappa shape index (κ1) is 7.53. The highest BCUT2D eigenvalue weighted by Crippen LogP contribution is 2.12. The zero-order valence-electron chi connectivity index (χ0n) is 6.03. The van der Waals surface area contributed by atoms with Gasteiger partial charge in [0.05, 0.1) is 5.75 Å². The number of thioether (sulfide) groups is 1. The SMILES string of the molecule is CC(C)SCc1nnn[nH]1. The Hall–Kier alpha value is -0.580. The molecule has 1 N–H and O–H groups in total. The molecule has 0 aromatic carbocycles. The molecule has 0 bridgehead atoms. The number of aromatic nitrogens is 4. The highest BCUT2D eigenvalue weighted by Gasteiger charge is 1.98. The number of nitrogens with one attached hydrogen (secondary N) is 1. The van der Waals surface area contributed by atoms with Crippen LogP contribution in [0.4, 0.5) is 0 Å². The molecule has 0 atom stereocenters. The molecule has 10 heavy (non-hydrogen) atoms. The van der Waals surface area contributed by atoms with Gasteiger partial charge < -0.3 is 0 Å². The molecule has 0 spiro atoms. The van der Waals surface area contributed by atoms with Gasteiger partial charge in [0.15, 0.2) is 5.82 Å². The third kappa shape index (κ3) is 2.34. The van der Waals surface area contributed by atoms with E-state index in [1.807, 2.05) is 11.8 Å². The topological polar surface area (TPSA) is 54.5 Å². The Bertz CT molecular complexity index is 172. The number of aromatic amines is 1. The van der Waals surface area contributed by atoms with E-state index in [9.17, 15) is 0 Å². The van der Waals surface area contributed by atoms with Gasteiger partial charge in [-0.05, 0) is 15.7 Å². The standard InChI is InChI=1S/C5H10N4S/c1-4(2)10-3-5-6-8-9-7-5/h4H,3H2,1-2H3,(H,6,7,8,9). The van der Waals surface area contributed by atoms with E-state index in [0.717, 1.165) is 11.6 Å². The van der Waals surface area contributed by atoms with E-state index in [2.05, 4.69) is 34.5 Å². The van der Waals surface area contributed by atoms with Crippen molar-refractivity contribution in [2.75, 3.05) is 0 Å².